The van der Waals surface area contributed by atoms with E-state index in [0.29, 0.717) is 30.9 Å². The van der Waals surface area contributed by atoms with Gasteiger partial charge in [-0.05, 0) is 81.1 Å². The molecule has 232 valence electrons. The second-order valence-electron chi connectivity index (χ2n) is 12.8. The van der Waals surface area contributed by atoms with E-state index >= 15 is 0 Å². The summed E-state index contributed by atoms with van der Waals surface area (Å²) in [5.74, 6) is 1.69. The van der Waals surface area contributed by atoms with Crippen LogP contribution in [0.25, 0.3) is 21.9 Å². The molecule has 5 aromatic rings. The minimum Gasteiger partial charge on any atom is -0.478 e. The molecule has 3 fully saturated rings. The number of rotatable bonds is 10. The van der Waals surface area contributed by atoms with Crippen molar-refractivity contribution in [1.29, 1.82) is 0 Å². The number of aryl methyl sites for hydroxylation is 1. The molecule has 1 atom stereocenters. The van der Waals surface area contributed by atoms with Gasteiger partial charge in [-0.15, -0.1) is 0 Å². The highest BCUT2D eigenvalue weighted by Crippen LogP contribution is 2.42. The molecule has 0 bridgehead atoms. The van der Waals surface area contributed by atoms with Gasteiger partial charge in [0.2, 0.25) is 5.88 Å². The number of piperidine rings is 1. The molecule has 1 N–H and O–H groups in total. The SMILES string of the molecule is Cn1nc(C2CC2)c2ccc(COc3cccc(C4CCN(Cc5nc6ccc(C(=O)O)cc6n5CC5CCO5)CC4)n3)cc21. The summed E-state index contributed by atoms with van der Waals surface area (Å²) in [5.41, 5.74) is 6.55. The number of likely N-dealkylation sites (tertiary alicyclic amines) is 1. The lowest BCUT2D eigenvalue weighted by atomic mass is 9.93. The Hall–Kier alpha value is -4.28. The Bertz CT molecular complexity index is 1880. The monoisotopic (exact) mass is 606 g/mol. The van der Waals surface area contributed by atoms with E-state index in [-0.39, 0.29) is 11.7 Å². The van der Waals surface area contributed by atoms with Gasteiger partial charge in [-0.1, -0.05) is 18.2 Å². The molecule has 3 aromatic heterocycles. The summed E-state index contributed by atoms with van der Waals surface area (Å²) in [6.07, 6.45) is 5.67. The zero-order valence-electron chi connectivity index (χ0n) is 25.6. The number of pyridine rings is 1. The molecule has 10 heteroatoms. The molecule has 1 unspecified atom stereocenters. The van der Waals surface area contributed by atoms with E-state index in [1.165, 1.54) is 23.9 Å². The van der Waals surface area contributed by atoms with E-state index in [9.17, 15) is 9.90 Å². The fraction of sp³-hybridized carbons (Fsp3) is 0.429. The molecule has 2 aromatic carbocycles. The van der Waals surface area contributed by atoms with Crippen LogP contribution in [0.15, 0.2) is 54.6 Å². The predicted molar refractivity (Wildman–Crippen MR) is 170 cm³/mol. The number of carboxylic acid groups (broad SMARTS) is 1. The Labute approximate surface area is 261 Å². The van der Waals surface area contributed by atoms with E-state index in [1.807, 2.05) is 29.9 Å². The quantitative estimate of drug-likeness (QED) is 0.218. The standard InChI is InChI=1S/C35H38N6O4/c1-39-30-17-22(5-9-27(30)34(38-39)24-6-7-24)21-45-33-4-2-3-28(37-33)23-11-14-40(15-12-23)20-32-36-29-10-8-25(35(42)43)18-31(29)41(32)19-26-13-16-44-26/h2-5,8-10,17-18,23-24,26H,6-7,11-16,19-21H2,1H3,(H,42,43). The summed E-state index contributed by atoms with van der Waals surface area (Å²) in [6, 6.07) is 17.8. The number of hydrogen-bond donors (Lipinski definition) is 1. The Kier molecular flexibility index (Phi) is 7.26. The molecule has 5 heterocycles. The van der Waals surface area contributed by atoms with Gasteiger partial charge in [0.1, 0.15) is 12.4 Å². The number of benzene rings is 2. The van der Waals surface area contributed by atoms with Gasteiger partial charge in [0.15, 0.2) is 0 Å². The van der Waals surface area contributed by atoms with Crippen LogP contribution in [0.1, 0.15) is 77.1 Å². The van der Waals surface area contributed by atoms with Crippen LogP contribution < -0.4 is 4.74 Å². The third-order valence-electron chi connectivity index (χ3n) is 9.67. The average molecular weight is 607 g/mol. The van der Waals surface area contributed by atoms with Crippen LogP contribution in [0.5, 0.6) is 5.88 Å². The molecule has 10 nitrogen and oxygen atoms in total. The lowest BCUT2D eigenvalue weighted by Crippen LogP contribution is -2.35. The highest BCUT2D eigenvalue weighted by Gasteiger charge is 2.29. The molecule has 3 aliphatic rings. The molecular formula is C35H38N6O4. The highest BCUT2D eigenvalue weighted by molar-refractivity contribution is 5.92. The highest BCUT2D eigenvalue weighted by atomic mass is 16.5. The molecule has 2 aliphatic heterocycles. The van der Waals surface area contributed by atoms with Crippen LogP contribution in [0.4, 0.5) is 0 Å². The Balaban J connectivity index is 0.914. The summed E-state index contributed by atoms with van der Waals surface area (Å²) in [6.45, 7) is 4.54. The smallest absolute Gasteiger partial charge is 0.335 e. The van der Waals surface area contributed by atoms with Gasteiger partial charge >= 0.3 is 5.97 Å². The van der Waals surface area contributed by atoms with E-state index in [2.05, 4.69) is 33.7 Å². The number of imidazole rings is 1. The van der Waals surface area contributed by atoms with Crippen LogP contribution in [-0.2, 0) is 31.5 Å². The van der Waals surface area contributed by atoms with Crippen molar-refractivity contribution in [3.63, 3.8) is 0 Å². The number of carboxylic acids is 1. The minimum atomic E-state index is -0.926. The molecule has 1 aliphatic carbocycles. The second-order valence-corrected chi connectivity index (χ2v) is 12.8. The molecule has 0 radical (unpaired) electrons. The van der Waals surface area contributed by atoms with Crippen LogP contribution >= 0.6 is 0 Å². The van der Waals surface area contributed by atoms with Crippen molar-refractivity contribution in [2.45, 2.75) is 69.7 Å². The Morgan fingerprint density at radius 1 is 0.978 bits per heavy atom. The first-order valence-electron chi connectivity index (χ1n) is 16.1. The van der Waals surface area contributed by atoms with Crippen molar-refractivity contribution in [3.05, 3.63) is 82.9 Å². The third-order valence-corrected chi connectivity index (χ3v) is 9.67. The first-order chi connectivity index (χ1) is 22.0. The number of ether oxygens (including phenoxy) is 2. The van der Waals surface area contributed by atoms with Gasteiger partial charge in [-0.2, -0.15) is 5.10 Å². The second kappa shape index (κ2) is 11.6. The number of fused-ring (bicyclic) bond motifs is 2. The van der Waals surface area contributed by atoms with Crippen molar-refractivity contribution in [2.24, 2.45) is 7.05 Å². The topological polar surface area (TPSA) is 108 Å². The lowest BCUT2D eigenvalue weighted by Gasteiger charge is -2.32. The van der Waals surface area contributed by atoms with Crippen molar-refractivity contribution >= 4 is 27.9 Å². The van der Waals surface area contributed by atoms with Gasteiger partial charge in [0.25, 0.3) is 0 Å². The first kappa shape index (κ1) is 28.2. The van der Waals surface area contributed by atoms with Crippen LogP contribution in [0, 0.1) is 0 Å². The van der Waals surface area contributed by atoms with Gasteiger partial charge < -0.3 is 19.1 Å². The van der Waals surface area contributed by atoms with Crippen molar-refractivity contribution in [3.8, 4) is 5.88 Å². The van der Waals surface area contributed by atoms with Crippen molar-refractivity contribution in [1.82, 2.24) is 29.2 Å². The number of aromatic carboxylic acids is 1. The van der Waals surface area contributed by atoms with Crippen molar-refractivity contribution in [2.75, 3.05) is 19.7 Å². The number of aromatic nitrogens is 5. The zero-order valence-corrected chi connectivity index (χ0v) is 25.6. The van der Waals surface area contributed by atoms with Gasteiger partial charge in [0.05, 0.1) is 47.0 Å². The lowest BCUT2D eigenvalue weighted by molar-refractivity contribution is -0.0592. The largest absolute Gasteiger partial charge is 0.478 e. The predicted octanol–water partition coefficient (Wildman–Crippen LogP) is 5.64. The number of hydrogen-bond acceptors (Lipinski definition) is 7. The fourth-order valence-corrected chi connectivity index (χ4v) is 6.82. The van der Waals surface area contributed by atoms with E-state index in [1.54, 1.807) is 12.1 Å². The normalized spacial score (nSPS) is 19.3. The molecule has 2 saturated heterocycles. The first-order valence-corrected chi connectivity index (χ1v) is 16.1. The van der Waals surface area contributed by atoms with Crippen LogP contribution in [-0.4, -0.2) is 66.1 Å². The van der Waals surface area contributed by atoms with E-state index < -0.39 is 5.97 Å². The van der Waals surface area contributed by atoms with Gasteiger partial charge in [-0.3, -0.25) is 9.58 Å². The molecule has 45 heavy (non-hydrogen) atoms. The molecule has 0 amide bonds. The van der Waals surface area contributed by atoms with Gasteiger partial charge in [-0.25, -0.2) is 14.8 Å². The molecule has 1 saturated carbocycles. The number of carbonyl (C=O) groups is 1. The Morgan fingerprint density at radius 2 is 1.82 bits per heavy atom. The fourth-order valence-electron chi connectivity index (χ4n) is 6.82. The third kappa shape index (κ3) is 5.68. The van der Waals surface area contributed by atoms with Gasteiger partial charge in [0, 0.05) is 42.6 Å². The zero-order chi connectivity index (χ0) is 30.5. The molecule has 0 spiro atoms. The summed E-state index contributed by atoms with van der Waals surface area (Å²) < 4.78 is 16.1. The summed E-state index contributed by atoms with van der Waals surface area (Å²) in [5, 5.41) is 15.6. The molecule has 8 rings (SSSR count). The van der Waals surface area contributed by atoms with E-state index in [0.717, 1.165) is 79.1 Å². The number of nitrogens with zero attached hydrogens (tertiary/aromatic N) is 6. The maximum Gasteiger partial charge on any atom is 0.335 e. The average Bonchev–Trinajstić information content (AvgIpc) is 3.75. The maximum absolute atomic E-state index is 11.6. The molecular weight excluding hydrogens is 568 g/mol. The summed E-state index contributed by atoms with van der Waals surface area (Å²) >= 11 is 0. The van der Waals surface area contributed by atoms with Crippen LogP contribution in [0.3, 0.4) is 0 Å². The Morgan fingerprint density at radius 3 is 2.58 bits per heavy atom. The summed E-state index contributed by atoms with van der Waals surface area (Å²) in [4.78, 5) is 23.9. The minimum absolute atomic E-state index is 0.152. The van der Waals surface area contributed by atoms with Crippen LogP contribution in [0.2, 0.25) is 0 Å². The van der Waals surface area contributed by atoms with Crippen molar-refractivity contribution < 1.29 is 19.4 Å². The maximum atomic E-state index is 11.6. The summed E-state index contributed by atoms with van der Waals surface area (Å²) in [7, 11) is 2.02. The van der Waals surface area contributed by atoms with E-state index in [4.69, 9.17) is 24.5 Å².